The van der Waals surface area contributed by atoms with E-state index in [0.29, 0.717) is 32.1 Å². The summed E-state index contributed by atoms with van der Waals surface area (Å²) in [6, 6.07) is 0. The Balaban J connectivity index is 1.91. The summed E-state index contributed by atoms with van der Waals surface area (Å²) in [4.78, 5) is 14.2. The lowest BCUT2D eigenvalue weighted by atomic mass is 10.1. The van der Waals surface area contributed by atoms with Crippen LogP contribution >= 0.6 is 0 Å². The van der Waals surface area contributed by atoms with Crippen LogP contribution in [0.15, 0.2) is 6.20 Å². The van der Waals surface area contributed by atoms with E-state index >= 15 is 0 Å². The van der Waals surface area contributed by atoms with Gasteiger partial charge in [0, 0.05) is 44.0 Å². The molecule has 0 aromatic carbocycles. The van der Waals surface area contributed by atoms with Gasteiger partial charge in [0.1, 0.15) is 0 Å². The number of carbonyl (C=O) groups is 1. The van der Waals surface area contributed by atoms with E-state index in [4.69, 9.17) is 4.74 Å². The molecule has 0 saturated carbocycles. The van der Waals surface area contributed by atoms with Crippen LogP contribution < -0.4 is 0 Å². The Kier molecular flexibility index (Phi) is 4.96. The second kappa shape index (κ2) is 6.70. The minimum Gasteiger partial charge on any atom is -0.382 e. The van der Waals surface area contributed by atoms with E-state index in [0.717, 1.165) is 24.9 Å². The molecule has 2 rings (SSSR count). The summed E-state index contributed by atoms with van der Waals surface area (Å²) in [6.07, 6.45) is 4.18. The Morgan fingerprint density at radius 3 is 3.26 bits per heavy atom. The third-order valence-corrected chi connectivity index (χ3v) is 3.49. The van der Waals surface area contributed by atoms with Crippen molar-refractivity contribution in [2.24, 2.45) is 5.92 Å². The molecular formula is C14H23N3O2. The van der Waals surface area contributed by atoms with Gasteiger partial charge < -0.3 is 9.64 Å². The van der Waals surface area contributed by atoms with Crippen LogP contribution in [0.4, 0.5) is 0 Å². The van der Waals surface area contributed by atoms with Crippen molar-refractivity contribution >= 4 is 5.91 Å². The quantitative estimate of drug-likeness (QED) is 0.825. The maximum atomic E-state index is 12.2. The zero-order valence-electron chi connectivity index (χ0n) is 11.8. The highest BCUT2D eigenvalue weighted by Crippen LogP contribution is 2.20. The van der Waals surface area contributed by atoms with Gasteiger partial charge in [0.15, 0.2) is 0 Å². The summed E-state index contributed by atoms with van der Waals surface area (Å²) in [6.45, 7) is 7.05. The zero-order chi connectivity index (χ0) is 13.7. The summed E-state index contributed by atoms with van der Waals surface area (Å²) >= 11 is 0. The number of rotatable bonds is 5. The van der Waals surface area contributed by atoms with Crippen LogP contribution in [0.5, 0.6) is 0 Å². The summed E-state index contributed by atoms with van der Waals surface area (Å²) in [5, 5.41) is 7.12. The second-order valence-corrected chi connectivity index (χ2v) is 5.26. The van der Waals surface area contributed by atoms with E-state index in [1.165, 1.54) is 5.69 Å². The van der Waals surface area contributed by atoms with E-state index < -0.39 is 0 Å². The van der Waals surface area contributed by atoms with E-state index in [2.05, 4.69) is 17.1 Å². The number of ether oxygens (including phenoxy) is 1. The maximum Gasteiger partial charge on any atom is 0.222 e. The van der Waals surface area contributed by atoms with Gasteiger partial charge in [-0.15, -0.1) is 0 Å². The van der Waals surface area contributed by atoms with Gasteiger partial charge in [0.2, 0.25) is 5.91 Å². The van der Waals surface area contributed by atoms with Gasteiger partial charge in [0.25, 0.3) is 0 Å². The molecule has 0 fully saturated rings. The first-order valence-corrected chi connectivity index (χ1v) is 7.07. The van der Waals surface area contributed by atoms with E-state index in [1.807, 2.05) is 18.0 Å². The second-order valence-electron chi connectivity index (χ2n) is 5.26. The predicted molar refractivity (Wildman–Crippen MR) is 72.6 cm³/mol. The Bertz CT molecular complexity index is 417. The van der Waals surface area contributed by atoms with Crippen molar-refractivity contribution in [2.75, 3.05) is 19.8 Å². The van der Waals surface area contributed by atoms with Crippen molar-refractivity contribution in [1.29, 1.82) is 0 Å². The summed E-state index contributed by atoms with van der Waals surface area (Å²) < 4.78 is 5.28. The number of carbonyl (C=O) groups excluding carboxylic acids is 1. The van der Waals surface area contributed by atoms with Crippen molar-refractivity contribution in [3.05, 3.63) is 17.5 Å². The highest BCUT2D eigenvalue weighted by molar-refractivity contribution is 5.76. The third kappa shape index (κ3) is 3.80. The van der Waals surface area contributed by atoms with Crippen LogP contribution in [0, 0.1) is 5.92 Å². The Labute approximate surface area is 114 Å². The first kappa shape index (κ1) is 14.1. The molecule has 106 valence electrons. The van der Waals surface area contributed by atoms with E-state index in [9.17, 15) is 4.79 Å². The molecule has 5 heteroatoms. The molecule has 1 N–H and O–H groups in total. The number of nitrogens with one attached hydrogen (secondary N) is 1. The molecule has 0 saturated heterocycles. The smallest absolute Gasteiger partial charge is 0.222 e. The van der Waals surface area contributed by atoms with Gasteiger partial charge in [-0.3, -0.25) is 9.89 Å². The maximum absolute atomic E-state index is 12.2. The number of aromatic amines is 1. The van der Waals surface area contributed by atoms with Crippen LogP contribution in [0.25, 0.3) is 0 Å². The van der Waals surface area contributed by atoms with Crippen molar-refractivity contribution < 1.29 is 9.53 Å². The molecule has 1 aromatic rings. The fraction of sp³-hybridized carbons (Fsp3) is 0.714. The lowest BCUT2D eigenvalue weighted by molar-refractivity contribution is -0.132. The Morgan fingerprint density at radius 2 is 2.47 bits per heavy atom. The first-order chi connectivity index (χ1) is 9.20. The topological polar surface area (TPSA) is 58.2 Å². The fourth-order valence-electron chi connectivity index (χ4n) is 2.53. The number of nitrogens with zero attached hydrogens (tertiary/aromatic N) is 2. The lowest BCUT2D eigenvalue weighted by Gasteiger charge is -2.22. The molecule has 2 heterocycles. The predicted octanol–water partition coefficient (Wildman–Crippen LogP) is 1.75. The lowest BCUT2D eigenvalue weighted by Crippen LogP contribution is -2.33. The molecule has 5 nitrogen and oxygen atoms in total. The number of hydrogen-bond donors (Lipinski definition) is 1. The third-order valence-electron chi connectivity index (χ3n) is 3.49. The fourth-order valence-corrected chi connectivity index (χ4v) is 2.53. The molecule has 19 heavy (non-hydrogen) atoms. The highest BCUT2D eigenvalue weighted by atomic mass is 16.5. The van der Waals surface area contributed by atoms with Gasteiger partial charge in [-0.25, -0.2) is 0 Å². The summed E-state index contributed by atoms with van der Waals surface area (Å²) in [5.74, 6) is 0.693. The highest BCUT2D eigenvalue weighted by Gasteiger charge is 2.23. The van der Waals surface area contributed by atoms with Crippen molar-refractivity contribution in [3.63, 3.8) is 0 Å². The largest absolute Gasteiger partial charge is 0.382 e. The molecule has 1 amide bonds. The summed E-state index contributed by atoms with van der Waals surface area (Å²) in [5.41, 5.74) is 2.33. The van der Waals surface area contributed by atoms with Crippen LogP contribution in [-0.2, 0) is 22.5 Å². The molecule has 0 radical (unpaired) electrons. The minimum atomic E-state index is 0.223. The SMILES string of the molecule is CCOCCCC(=O)N1Cc2cn[nH]c2CC(C)C1. The number of amides is 1. The van der Waals surface area contributed by atoms with Gasteiger partial charge in [-0.2, -0.15) is 5.10 Å². The van der Waals surface area contributed by atoms with Crippen molar-refractivity contribution in [1.82, 2.24) is 15.1 Å². The molecule has 1 unspecified atom stereocenters. The molecular weight excluding hydrogens is 242 g/mol. The average Bonchev–Trinajstić information content (AvgIpc) is 2.74. The molecule has 1 aliphatic heterocycles. The van der Waals surface area contributed by atoms with Crippen LogP contribution in [0.2, 0.25) is 0 Å². The molecule has 1 aromatic heterocycles. The van der Waals surface area contributed by atoms with Crippen LogP contribution in [0.1, 0.15) is 37.9 Å². The molecule has 0 bridgehead atoms. The number of H-pyrrole nitrogens is 1. The number of aromatic nitrogens is 2. The molecule has 0 spiro atoms. The molecule has 1 atom stereocenters. The minimum absolute atomic E-state index is 0.223. The van der Waals surface area contributed by atoms with Crippen molar-refractivity contribution in [2.45, 2.75) is 39.7 Å². The van der Waals surface area contributed by atoms with Gasteiger partial charge in [0.05, 0.1) is 6.20 Å². The normalized spacial score (nSPS) is 19.1. The Morgan fingerprint density at radius 1 is 1.63 bits per heavy atom. The zero-order valence-corrected chi connectivity index (χ0v) is 11.8. The van der Waals surface area contributed by atoms with Crippen molar-refractivity contribution in [3.8, 4) is 0 Å². The monoisotopic (exact) mass is 265 g/mol. The summed E-state index contributed by atoms with van der Waals surface area (Å²) in [7, 11) is 0. The number of fused-ring (bicyclic) bond motifs is 1. The molecule has 0 aliphatic carbocycles. The Hall–Kier alpha value is -1.36. The van der Waals surface area contributed by atoms with E-state index in [-0.39, 0.29) is 5.91 Å². The van der Waals surface area contributed by atoms with Gasteiger partial charge in [-0.05, 0) is 25.7 Å². The van der Waals surface area contributed by atoms with Crippen LogP contribution in [-0.4, -0.2) is 40.8 Å². The van der Waals surface area contributed by atoms with E-state index in [1.54, 1.807) is 0 Å². The standard InChI is InChI=1S/C14H23N3O2/c1-3-19-6-4-5-14(18)17-9-11(2)7-13-12(10-17)8-15-16-13/h8,11H,3-7,9-10H2,1-2H3,(H,15,16). The van der Waals surface area contributed by atoms with Crippen LogP contribution in [0.3, 0.4) is 0 Å². The van der Waals surface area contributed by atoms with Gasteiger partial charge >= 0.3 is 0 Å². The molecule has 1 aliphatic rings. The average molecular weight is 265 g/mol. The number of hydrogen-bond acceptors (Lipinski definition) is 3. The first-order valence-electron chi connectivity index (χ1n) is 7.07. The van der Waals surface area contributed by atoms with Gasteiger partial charge in [-0.1, -0.05) is 6.92 Å².